The second-order valence-electron chi connectivity index (χ2n) is 15.9. The Morgan fingerprint density at radius 2 is 1.14 bits per heavy atom. The summed E-state index contributed by atoms with van der Waals surface area (Å²) in [6.07, 6.45) is 8.25. The van der Waals surface area contributed by atoms with E-state index in [1.165, 1.54) is 56.2 Å². The van der Waals surface area contributed by atoms with Gasteiger partial charge in [-0.2, -0.15) is 5.26 Å². The monoisotopic (exact) mass is 816 g/mol. The van der Waals surface area contributed by atoms with Gasteiger partial charge in [0.2, 0.25) is 0 Å². The summed E-state index contributed by atoms with van der Waals surface area (Å²) in [4.78, 5) is 43.7. The molecule has 2 N–H and O–H groups in total. The second-order valence-corrected chi connectivity index (χ2v) is 18.1. The number of rotatable bonds is 9. The zero-order valence-electron chi connectivity index (χ0n) is 33.3. The number of pyridine rings is 2. The van der Waals surface area contributed by atoms with Gasteiger partial charge in [0.1, 0.15) is 10.1 Å². The molecule has 0 spiro atoms. The number of amides is 2. The van der Waals surface area contributed by atoms with Crippen LogP contribution in [-0.4, -0.2) is 108 Å². The number of ether oxygens (including phenoxy) is 1. The maximum Gasteiger partial charge on any atom is 0.251 e. The average molecular weight is 817 g/mol. The van der Waals surface area contributed by atoms with E-state index in [4.69, 9.17) is 10.00 Å². The van der Waals surface area contributed by atoms with E-state index >= 15 is 0 Å². The van der Waals surface area contributed by atoms with Gasteiger partial charge in [-0.15, -0.1) is 0 Å². The largest absolute Gasteiger partial charge is 0.378 e. The lowest BCUT2D eigenvalue weighted by Crippen LogP contribution is -2.62. The Balaban J connectivity index is 0.000000164. The second kappa shape index (κ2) is 18.6. The highest BCUT2D eigenvalue weighted by Crippen LogP contribution is 2.34. The molecule has 11 rings (SSSR count). The molecule has 2 aromatic carbocycles. The van der Waals surface area contributed by atoms with Crippen LogP contribution in [0.15, 0.2) is 105 Å². The number of piperidine rings is 6. The zero-order chi connectivity index (χ0) is 40.0. The first kappa shape index (κ1) is 40.3. The van der Waals surface area contributed by atoms with Crippen LogP contribution in [0.3, 0.4) is 0 Å². The Morgan fingerprint density at radius 1 is 0.672 bits per heavy atom. The van der Waals surface area contributed by atoms with E-state index in [-0.39, 0.29) is 23.9 Å². The summed E-state index contributed by atoms with van der Waals surface area (Å²) in [5, 5.41) is 17.3. The number of carbonyl (C=O) groups excluding carboxylic acids is 2. The molecule has 0 aliphatic carbocycles. The molecule has 4 atom stereocenters. The molecule has 0 saturated carbocycles. The molecule has 58 heavy (non-hydrogen) atoms. The molecule has 2 amide bonds. The molecule has 0 radical (unpaired) electrons. The van der Waals surface area contributed by atoms with Gasteiger partial charge in [-0.1, -0.05) is 23.5 Å². The molecule has 0 unspecified atom stereocenters. The Kier molecular flexibility index (Phi) is 13.0. The van der Waals surface area contributed by atoms with Gasteiger partial charge in [-0.25, -0.2) is 9.97 Å². The molecule has 4 aromatic rings. The number of fused-ring (bicyclic) bond motifs is 6. The van der Waals surface area contributed by atoms with Gasteiger partial charge in [-0.05, 0) is 150 Å². The highest BCUT2D eigenvalue weighted by molar-refractivity contribution is 7.99. The summed E-state index contributed by atoms with van der Waals surface area (Å²) in [5.41, 5.74) is 3.18. The molecule has 7 saturated heterocycles. The highest BCUT2D eigenvalue weighted by atomic mass is 32.2. The van der Waals surface area contributed by atoms with Crippen LogP contribution >= 0.6 is 23.5 Å². The van der Waals surface area contributed by atoms with Gasteiger partial charge in [0.05, 0.1) is 24.8 Å². The van der Waals surface area contributed by atoms with E-state index in [0.717, 1.165) is 64.8 Å². The minimum atomic E-state index is 0.00162. The van der Waals surface area contributed by atoms with Gasteiger partial charge in [-0.3, -0.25) is 19.4 Å². The van der Waals surface area contributed by atoms with Gasteiger partial charge < -0.3 is 20.3 Å². The number of aromatic nitrogens is 2. The predicted molar refractivity (Wildman–Crippen MR) is 227 cm³/mol. The molecular formula is C45H52N8O3S2. The van der Waals surface area contributed by atoms with Crippen molar-refractivity contribution in [3.8, 4) is 6.07 Å². The fraction of sp³-hybridized carbons (Fsp3) is 0.444. The first-order valence-electron chi connectivity index (χ1n) is 20.6. The van der Waals surface area contributed by atoms with Crippen molar-refractivity contribution in [2.24, 2.45) is 11.8 Å². The van der Waals surface area contributed by atoms with Gasteiger partial charge in [0.15, 0.2) is 0 Å². The van der Waals surface area contributed by atoms with E-state index in [1.54, 1.807) is 30.1 Å². The lowest BCUT2D eigenvalue weighted by molar-refractivity contribution is 0.0217. The number of nitriles is 1. The molecule has 302 valence electrons. The van der Waals surface area contributed by atoms with E-state index in [1.807, 2.05) is 54.7 Å². The SMILES string of the molecule is C[C@H]1[C@H](NC(=O)c2ccc(Sc3cc(C#N)ccn3)cc2)C2CCN1CC2.C[C@H]1[C@H](NC(=O)c2ccc(Sc3cc(N4CCOCC4)ccn3)cc2)C2CCN1CC2. The molecular weight excluding hydrogens is 765 g/mol. The minimum absolute atomic E-state index is 0.00162. The van der Waals surface area contributed by atoms with Crippen molar-refractivity contribution in [3.05, 3.63) is 102 Å². The number of morpholine rings is 1. The van der Waals surface area contributed by atoms with Crippen LogP contribution in [0, 0.1) is 23.2 Å². The summed E-state index contributed by atoms with van der Waals surface area (Å²) in [6.45, 7) is 12.5. The van der Waals surface area contributed by atoms with Gasteiger partial charge in [0, 0.05) is 76.3 Å². The van der Waals surface area contributed by atoms with Crippen LogP contribution in [0.5, 0.6) is 0 Å². The van der Waals surface area contributed by atoms with Crippen LogP contribution in [0.1, 0.15) is 65.8 Å². The first-order valence-corrected chi connectivity index (χ1v) is 22.2. The molecule has 7 fully saturated rings. The normalized spacial score (nSPS) is 27.2. The zero-order valence-corrected chi connectivity index (χ0v) is 34.9. The average Bonchev–Trinajstić information content (AvgIpc) is 3.27. The number of nitrogens with one attached hydrogen (secondary N) is 2. The van der Waals surface area contributed by atoms with E-state index < -0.39 is 0 Å². The molecule has 7 aliphatic rings. The number of carbonyl (C=O) groups is 2. The summed E-state index contributed by atoms with van der Waals surface area (Å²) in [5.74, 6) is 1.25. The number of nitrogens with zero attached hydrogens (tertiary/aromatic N) is 6. The van der Waals surface area contributed by atoms with Crippen LogP contribution in [0.25, 0.3) is 0 Å². The molecule has 11 nitrogen and oxygen atoms in total. The first-order chi connectivity index (χ1) is 28.3. The lowest BCUT2D eigenvalue weighted by atomic mass is 9.79. The van der Waals surface area contributed by atoms with Crippen molar-refractivity contribution in [3.63, 3.8) is 0 Å². The molecule has 4 bridgehead atoms. The summed E-state index contributed by atoms with van der Waals surface area (Å²) in [6, 6.07) is 26.6. The number of anilines is 1. The van der Waals surface area contributed by atoms with Crippen LogP contribution in [0.4, 0.5) is 5.69 Å². The summed E-state index contributed by atoms with van der Waals surface area (Å²) >= 11 is 3.11. The molecule has 9 heterocycles. The molecule has 7 aliphatic heterocycles. The van der Waals surface area contributed by atoms with Crippen molar-refractivity contribution in [2.45, 2.75) is 83.5 Å². The predicted octanol–water partition coefficient (Wildman–Crippen LogP) is 6.60. The number of hydrogen-bond donors (Lipinski definition) is 2. The lowest BCUT2D eigenvalue weighted by Gasteiger charge is -2.49. The van der Waals surface area contributed by atoms with Crippen molar-refractivity contribution in [1.82, 2.24) is 30.4 Å². The maximum absolute atomic E-state index is 12.9. The van der Waals surface area contributed by atoms with Gasteiger partial charge >= 0.3 is 0 Å². The Labute approximate surface area is 350 Å². The van der Waals surface area contributed by atoms with Crippen molar-refractivity contribution < 1.29 is 14.3 Å². The van der Waals surface area contributed by atoms with E-state index in [0.29, 0.717) is 35.0 Å². The standard InChI is InChI=1S/C24H30N4O2S.C21H22N4OS/c1-17-23(18-7-10-27(17)11-8-18)26-24(29)19-2-4-21(5-3-19)31-22-16-20(6-9-25-22)28-12-14-30-15-13-28;1-14-20(16-7-10-25(14)11-8-16)24-21(26)17-2-4-18(5-3-17)27-19-12-15(13-22)6-9-23-19/h2-6,9,16-18,23H,7-8,10-15H2,1H3,(H,26,29);2-6,9,12,14,16,20H,7-8,10-11H2,1H3,(H,24,26)/t17-,23-;14-,20-/m00/s1. The maximum atomic E-state index is 12.9. The Morgan fingerprint density at radius 3 is 1.60 bits per heavy atom. The van der Waals surface area contributed by atoms with Crippen LogP contribution in [0.2, 0.25) is 0 Å². The number of hydrogen-bond acceptors (Lipinski definition) is 11. The van der Waals surface area contributed by atoms with Crippen molar-refractivity contribution >= 4 is 41.0 Å². The van der Waals surface area contributed by atoms with Gasteiger partial charge in [0.25, 0.3) is 11.8 Å². The third-order valence-corrected chi connectivity index (χ3v) is 14.5. The fourth-order valence-electron chi connectivity index (χ4n) is 9.16. The van der Waals surface area contributed by atoms with E-state index in [2.05, 4.69) is 67.4 Å². The highest BCUT2D eigenvalue weighted by Gasteiger charge is 2.41. The minimum Gasteiger partial charge on any atom is -0.378 e. The van der Waals surface area contributed by atoms with Crippen molar-refractivity contribution in [1.29, 1.82) is 5.26 Å². The smallest absolute Gasteiger partial charge is 0.251 e. The third-order valence-electron chi connectivity index (χ3n) is 12.6. The van der Waals surface area contributed by atoms with Crippen molar-refractivity contribution in [2.75, 3.05) is 57.4 Å². The summed E-state index contributed by atoms with van der Waals surface area (Å²) in [7, 11) is 0. The van der Waals surface area contributed by atoms with Crippen LogP contribution < -0.4 is 15.5 Å². The quantitative estimate of drug-likeness (QED) is 0.190. The topological polar surface area (TPSA) is 127 Å². The third kappa shape index (κ3) is 9.53. The molecule has 13 heteroatoms. The van der Waals surface area contributed by atoms with Crippen LogP contribution in [-0.2, 0) is 4.74 Å². The molecule has 2 aromatic heterocycles. The Bertz CT molecular complexity index is 2070. The van der Waals surface area contributed by atoms with E-state index in [9.17, 15) is 9.59 Å². The Hall–Kier alpha value is -4.45. The number of benzene rings is 2. The summed E-state index contributed by atoms with van der Waals surface area (Å²) < 4.78 is 5.45. The fourth-order valence-corrected chi connectivity index (χ4v) is 10.8.